The first-order valence-electron chi connectivity index (χ1n) is 7.56. The first-order valence-corrected chi connectivity index (χ1v) is 8.00. The van der Waals surface area contributed by atoms with Gasteiger partial charge in [0.15, 0.2) is 0 Å². The van der Waals surface area contributed by atoms with Crippen molar-refractivity contribution >= 4 is 17.5 Å². The second-order valence-electron chi connectivity index (χ2n) is 5.76. The predicted octanol–water partition coefficient (Wildman–Crippen LogP) is 1.95. The van der Waals surface area contributed by atoms with Gasteiger partial charge in [-0.25, -0.2) is 0 Å². The molecule has 0 radical (unpaired) electrons. The number of benzene rings is 1. The second kappa shape index (κ2) is 6.77. The summed E-state index contributed by atoms with van der Waals surface area (Å²) in [6.45, 7) is 3.37. The Morgan fingerprint density at radius 3 is 3.05 bits per heavy atom. The summed E-state index contributed by atoms with van der Waals surface area (Å²) in [6, 6.07) is 9.99. The summed E-state index contributed by atoms with van der Waals surface area (Å²) >= 11 is 6.20. The summed E-state index contributed by atoms with van der Waals surface area (Å²) in [5.41, 5.74) is 0.820. The van der Waals surface area contributed by atoms with Crippen LogP contribution in [0.5, 0.6) is 0 Å². The Labute approximate surface area is 130 Å². The Morgan fingerprint density at radius 2 is 2.24 bits per heavy atom. The Hall–Kier alpha value is -1.10. The van der Waals surface area contributed by atoms with Crippen LogP contribution in [0.3, 0.4) is 0 Å². The highest BCUT2D eigenvalue weighted by Crippen LogP contribution is 2.23. The van der Waals surface area contributed by atoms with Crippen molar-refractivity contribution in [1.29, 1.82) is 0 Å². The summed E-state index contributed by atoms with van der Waals surface area (Å²) in [5, 5.41) is 2.26. The Bertz CT molecular complexity index is 482. The second-order valence-corrected chi connectivity index (χ2v) is 6.20. The van der Waals surface area contributed by atoms with Crippen LogP contribution < -0.4 is 5.32 Å². The number of alkyl halides is 1. The van der Waals surface area contributed by atoms with Crippen LogP contribution in [0.25, 0.3) is 0 Å². The van der Waals surface area contributed by atoms with E-state index in [9.17, 15) is 4.79 Å². The van der Waals surface area contributed by atoms with E-state index in [1.807, 2.05) is 30.3 Å². The first-order chi connectivity index (χ1) is 10.2. The van der Waals surface area contributed by atoms with E-state index in [0.29, 0.717) is 12.6 Å². The summed E-state index contributed by atoms with van der Waals surface area (Å²) in [4.78, 5) is 14.6. The molecule has 1 amide bonds. The Balaban J connectivity index is 1.47. The van der Waals surface area contributed by atoms with Crippen LogP contribution in [0, 0.1) is 0 Å². The third-order valence-electron chi connectivity index (χ3n) is 4.29. The molecule has 1 N–H and O–H groups in total. The van der Waals surface area contributed by atoms with Crippen molar-refractivity contribution in [3.05, 3.63) is 35.9 Å². The minimum absolute atomic E-state index is 0.0722. The van der Waals surface area contributed by atoms with Gasteiger partial charge >= 0.3 is 0 Å². The topological polar surface area (TPSA) is 41.6 Å². The van der Waals surface area contributed by atoms with Crippen molar-refractivity contribution < 1.29 is 9.53 Å². The zero-order chi connectivity index (χ0) is 14.7. The molecule has 2 aliphatic rings. The van der Waals surface area contributed by atoms with Crippen molar-refractivity contribution in [2.45, 2.75) is 30.4 Å². The Kier molecular flexibility index (Phi) is 4.78. The van der Waals surface area contributed by atoms with E-state index < -0.39 is 5.38 Å². The highest BCUT2D eigenvalue weighted by molar-refractivity contribution is 6.30. The van der Waals surface area contributed by atoms with Gasteiger partial charge in [-0.15, -0.1) is 11.6 Å². The average molecular weight is 309 g/mol. The van der Waals surface area contributed by atoms with Gasteiger partial charge in [0, 0.05) is 19.1 Å². The average Bonchev–Trinajstić information content (AvgIpc) is 3.00. The van der Waals surface area contributed by atoms with Gasteiger partial charge in [-0.2, -0.15) is 0 Å². The fraction of sp³-hybridized carbons (Fsp3) is 0.562. The van der Waals surface area contributed by atoms with Crippen LogP contribution in [0.4, 0.5) is 0 Å². The van der Waals surface area contributed by atoms with E-state index in [0.717, 1.165) is 25.3 Å². The van der Waals surface area contributed by atoms with Gasteiger partial charge in [-0.1, -0.05) is 30.3 Å². The van der Waals surface area contributed by atoms with Gasteiger partial charge in [0.25, 0.3) is 0 Å². The SMILES string of the molecule is O=C(NCC1CN2CCCC2CO1)C(Cl)c1ccccc1. The maximum Gasteiger partial charge on any atom is 0.242 e. The van der Waals surface area contributed by atoms with Crippen LogP contribution in [0.2, 0.25) is 0 Å². The zero-order valence-corrected chi connectivity index (χ0v) is 12.8. The summed E-state index contributed by atoms with van der Waals surface area (Å²) < 4.78 is 5.83. The highest BCUT2D eigenvalue weighted by atomic mass is 35.5. The standard InChI is InChI=1S/C16H21ClN2O2/c17-15(12-5-2-1-3-6-12)16(20)18-9-14-10-19-8-4-7-13(19)11-21-14/h1-3,5-6,13-15H,4,7-11H2,(H,18,20). The van der Waals surface area contributed by atoms with E-state index in [1.54, 1.807) is 0 Å². The maximum atomic E-state index is 12.1. The zero-order valence-electron chi connectivity index (χ0n) is 12.0. The molecule has 2 saturated heterocycles. The number of hydrogen-bond acceptors (Lipinski definition) is 3. The number of rotatable bonds is 4. The number of morpholine rings is 1. The van der Waals surface area contributed by atoms with E-state index in [2.05, 4.69) is 10.2 Å². The highest BCUT2D eigenvalue weighted by Gasteiger charge is 2.32. The third kappa shape index (κ3) is 3.57. The number of nitrogens with zero attached hydrogens (tertiary/aromatic N) is 1. The molecule has 5 heteroatoms. The molecule has 4 nitrogen and oxygen atoms in total. The van der Waals surface area contributed by atoms with Crippen molar-refractivity contribution in [2.75, 3.05) is 26.2 Å². The molecule has 2 heterocycles. The quantitative estimate of drug-likeness (QED) is 0.865. The number of hydrogen-bond donors (Lipinski definition) is 1. The number of fused-ring (bicyclic) bond motifs is 1. The summed E-state index contributed by atoms with van der Waals surface area (Å²) in [5.74, 6) is -0.157. The van der Waals surface area contributed by atoms with Gasteiger partial charge in [0.1, 0.15) is 5.38 Å². The lowest BCUT2D eigenvalue weighted by atomic mass is 10.1. The van der Waals surface area contributed by atoms with Crippen molar-refractivity contribution in [2.24, 2.45) is 0 Å². The molecule has 0 aromatic heterocycles. The first kappa shape index (κ1) is 14.8. The van der Waals surface area contributed by atoms with Crippen LogP contribution in [0.1, 0.15) is 23.8 Å². The molecular weight excluding hydrogens is 288 g/mol. The lowest BCUT2D eigenvalue weighted by Gasteiger charge is -2.35. The fourth-order valence-electron chi connectivity index (χ4n) is 3.09. The minimum atomic E-state index is -0.644. The monoisotopic (exact) mass is 308 g/mol. The van der Waals surface area contributed by atoms with Crippen LogP contribution in [-0.4, -0.2) is 49.2 Å². The van der Waals surface area contributed by atoms with Crippen molar-refractivity contribution in [3.63, 3.8) is 0 Å². The maximum absolute atomic E-state index is 12.1. The van der Waals surface area contributed by atoms with Gasteiger partial charge in [0.2, 0.25) is 5.91 Å². The minimum Gasteiger partial charge on any atom is -0.373 e. The Morgan fingerprint density at radius 1 is 1.43 bits per heavy atom. The summed E-state index contributed by atoms with van der Waals surface area (Å²) in [6.07, 6.45) is 2.56. The summed E-state index contributed by atoms with van der Waals surface area (Å²) in [7, 11) is 0. The molecule has 21 heavy (non-hydrogen) atoms. The van der Waals surface area contributed by atoms with Gasteiger partial charge < -0.3 is 10.1 Å². The number of halogens is 1. The number of amides is 1. The number of ether oxygens (including phenoxy) is 1. The molecule has 0 saturated carbocycles. The molecule has 2 fully saturated rings. The van der Waals surface area contributed by atoms with E-state index in [1.165, 1.54) is 12.8 Å². The smallest absolute Gasteiger partial charge is 0.242 e. The third-order valence-corrected chi connectivity index (χ3v) is 4.74. The lowest BCUT2D eigenvalue weighted by molar-refractivity contribution is -0.122. The molecule has 3 atom stereocenters. The van der Waals surface area contributed by atoms with Crippen molar-refractivity contribution in [3.8, 4) is 0 Å². The van der Waals surface area contributed by atoms with Gasteiger partial charge in [0.05, 0.1) is 12.7 Å². The molecule has 114 valence electrons. The number of carbonyl (C=O) groups excluding carboxylic acids is 1. The predicted molar refractivity (Wildman–Crippen MR) is 82.4 cm³/mol. The van der Waals surface area contributed by atoms with E-state index in [4.69, 9.17) is 16.3 Å². The van der Waals surface area contributed by atoms with Crippen molar-refractivity contribution in [1.82, 2.24) is 10.2 Å². The molecule has 3 rings (SSSR count). The molecule has 0 bridgehead atoms. The molecule has 2 aliphatic heterocycles. The lowest BCUT2D eigenvalue weighted by Crippen LogP contribution is -2.50. The number of carbonyl (C=O) groups is 1. The molecular formula is C16H21ClN2O2. The van der Waals surface area contributed by atoms with Crippen LogP contribution in [-0.2, 0) is 9.53 Å². The molecule has 3 unspecified atom stereocenters. The van der Waals surface area contributed by atoms with Gasteiger partial charge in [-0.3, -0.25) is 9.69 Å². The normalized spacial score (nSPS) is 27.1. The van der Waals surface area contributed by atoms with Gasteiger partial charge in [-0.05, 0) is 24.9 Å². The fourth-order valence-corrected chi connectivity index (χ4v) is 3.31. The van der Waals surface area contributed by atoms with E-state index >= 15 is 0 Å². The molecule has 1 aromatic carbocycles. The molecule has 0 spiro atoms. The molecule has 1 aromatic rings. The number of nitrogens with one attached hydrogen (secondary N) is 1. The van der Waals surface area contributed by atoms with E-state index in [-0.39, 0.29) is 12.0 Å². The largest absolute Gasteiger partial charge is 0.373 e. The van der Waals surface area contributed by atoms with Crippen LogP contribution in [0.15, 0.2) is 30.3 Å². The van der Waals surface area contributed by atoms with Crippen LogP contribution >= 0.6 is 11.6 Å². The molecule has 0 aliphatic carbocycles.